The quantitative estimate of drug-likeness (QED) is 0.480. The van der Waals surface area contributed by atoms with E-state index in [0.29, 0.717) is 5.56 Å². The first kappa shape index (κ1) is 18.8. The monoisotopic (exact) mass is 386 g/mol. The van der Waals surface area contributed by atoms with Gasteiger partial charge in [0.2, 0.25) is 0 Å². The molecule has 0 bridgehead atoms. The van der Waals surface area contributed by atoms with Gasteiger partial charge in [-0.3, -0.25) is 0 Å². The van der Waals surface area contributed by atoms with Crippen LogP contribution in [0, 0.1) is 13.8 Å². The summed E-state index contributed by atoms with van der Waals surface area (Å²) in [6, 6.07) is 13.7. The molecule has 0 amide bonds. The highest BCUT2D eigenvalue weighted by Gasteiger charge is 2.19. The van der Waals surface area contributed by atoms with Crippen molar-refractivity contribution in [3.8, 4) is 22.6 Å². The lowest BCUT2D eigenvalue weighted by Crippen LogP contribution is -2.02. The van der Waals surface area contributed by atoms with Gasteiger partial charge in [-0.05, 0) is 50.6 Å². The molecular weight excluding hydrogens is 364 g/mol. The zero-order chi connectivity index (χ0) is 20.5. The number of ether oxygens (including phenoxy) is 1. The summed E-state index contributed by atoms with van der Waals surface area (Å²) in [5.41, 5.74) is 7.25. The molecule has 0 aliphatic rings. The van der Waals surface area contributed by atoms with Gasteiger partial charge in [-0.1, -0.05) is 23.8 Å². The molecule has 0 saturated heterocycles. The van der Waals surface area contributed by atoms with Gasteiger partial charge in [-0.2, -0.15) is 5.10 Å². The highest BCUT2D eigenvalue weighted by atomic mass is 16.5. The highest BCUT2D eigenvalue weighted by molar-refractivity contribution is 5.95. The third kappa shape index (κ3) is 3.27. The number of carbonyl (C=O) groups is 1. The molecule has 2 heterocycles. The maximum atomic E-state index is 11.9. The van der Waals surface area contributed by atoms with Crippen molar-refractivity contribution >= 4 is 17.0 Å². The van der Waals surface area contributed by atoms with Gasteiger partial charge in [0.15, 0.2) is 0 Å². The second kappa shape index (κ2) is 7.47. The number of imidazole rings is 1. The van der Waals surface area contributed by atoms with Gasteiger partial charge >= 0.3 is 5.97 Å². The molecule has 2 aromatic carbocycles. The fourth-order valence-corrected chi connectivity index (χ4v) is 3.69. The van der Waals surface area contributed by atoms with Gasteiger partial charge in [-0.25, -0.2) is 9.78 Å². The Morgan fingerprint density at radius 3 is 2.62 bits per heavy atom. The van der Waals surface area contributed by atoms with Gasteiger partial charge < -0.3 is 9.30 Å². The van der Waals surface area contributed by atoms with Gasteiger partial charge in [0.25, 0.3) is 0 Å². The van der Waals surface area contributed by atoms with Crippen LogP contribution in [0.25, 0.3) is 33.7 Å². The number of fused-ring (bicyclic) bond motifs is 1. The normalized spacial score (nSPS) is 11.0. The van der Waals surface area contributed by atoms with Crippen LogP contribution in [-0.4, -0.2) is 32.8 Å². The van der Waals surface area contributed by atoms with Crippen LogP contribution in [0.2, 0.25) is 0 Å². The molecule has 0 spiro atoms. The molecule has 6 heteroatoms. The molecule has 0 saturated carbocycles. The molecule has 0 aliphatic carbocycles. The van der Waals surface area contributed by atoms with E-state index in [2.05, 4.69) is 53.7 Å². The summed E-state index contributed by atoms with van der Waals surface area (Å²) in [6.07, 6.45) is 1.68. The Labute approximate surface area is 169 Å². The molecule has 6 nitrogen and oxygen atoms in total. The fraction of sp³-hybridized carbons (Fsp3) is 0.217. The average molecular weight is 386 g/mol. The van der Waals surface area contributed by atoms with Crippen molar-refractivity contribution < 1.29 is 9.53 Å². The summed E-state index contributed by atoms with van der Waals surface area (Å²) in [4.78, 5) is 16.8. The summed E-state index contributed by atoms with van der Waals surface area (Å²) in [7, 11) is 1.38. The first-order valence-corrected chi connectivity index (χ1v) is 9.51. The Morgan fingerprint density at radius 1 is 1.07 bits per heavy atom. The lowest BCUT2D eigenvalue weighted by atomic mass is 9.99. The van der Waals surface area contributed by atoms with E-state index in [-0.39, 0.29) is 5.97 Å². The smallest absolute Gasteiger partial charge is 0.337 e. The Morgan fingerprint density at radius 2 is 1.90 bits per heavy atom. The van der Waals surface area contributed by atoms with Crippen molar-refractivity contribution in [2.75, 3.05) is 7.11 Å². The summed E-state index contributed by atoms with van der Waals surface area (Å²) in [5.74, 6) is 0.426. The zero-order valence-electron chi connectivity index (χ0n) is 16.9. The number of methoxy groups -OCH3 is 1. The van der Waals surface area contributed by atoms with Crippen molar-refractivity contribution in [1.82, 2.24) is 19.7 Å². The van der Waals surface area contributed by atoms with E-state index in [4.69, 9.17) is 9.72 Å². The number of nitrogens with zero attached hydrogens (tertiary/aromatic N) is 4. The van der Waals surface area contributed by atoms with Crippen LogP contribution in [-0.2, 0) is 11.3 Å². The van der Waals surface area contributed by atoms with E-state index < -0.39 is 0 Å². The Bertz CT molecular complexity index is 1230. The maximum Gasteiger partial charge on any atom is 0.337 e. The molecule has 146 valence electrons. The predicted molar refractivity (Wildman–Crippen MR) is 113 cm³/mol. The summed E-state index contributed by atoms with van der Waals surface area (Å²) >= 11 is 0. The fourth-order valence-electron chi connectivity index (χ4n) is 3.69. The second-order valence-electron chi connectivity index (χ2n) is 6.99. The molecule has 0 unspecified atom stereocenters. The highest BCUT2D eigenvalue weighted by Crippen LogP contribution is 2.33. The third-order valence-electron chi connectivity index (χ3n) is 5.08. The summed E-state index contributed by atoms with van der Waals surface area (Å²) < 4.78 is 6.97. The van der Waals surface area contributed by atoms with Crippen molar-refractivity contribution in [3.05, 3.63) is 65.4 Å². The number of hydrogen-bond donors (Lipinski definition) is 0. The molecule has 4 aromatic rings. The molecule has 0 aliphatic heterocycles. The van der Waals surface area contributed by atoms with Crippen LogP contribution >= 0.6 is 0 Å². The number of aromatic nitrogens is 4. The molecule has 0 fully saturated rings. The number of carbonyl (C=O) groups excluding carboxylic acids is 1. The minimum Gasteiger partial charge on any atom is -0.465 e. The van der Waals surface area contributed by atoms with Crippen molar-refractivity contribution in [3.63, 3.8) is 0 Å². The lowest BCUT2D eigenvalue weighted by Gasteiger charge is -2.12. The lowest BCUT2D eigenvalue weighted by molar-refractivity contribution is 0.0601. The standard InChI is InChI=1S/C23H22N4O2/c1-5-27-20-9-7-16(23(28)29-4)13-19(20)25-22(27)18-10-11-24-26-21(18)17-8-6-14(2)12-15(17)3/h6-13H,5H2,1-4H3. The molecule has 0 atom stereocenters. The SMILES string of the molecule is CCn1c(-c2ccnnc2-c2ccc(C)cc2C)nc2cc(C(=O)OC)ccc21. The van der Waals surface area contributed by atoms with E-state index in [1.54, 1.807) is 18.3 Å². The van der Waals surface area contributed by atoms with Crippen molar-refractivity contribution in [2.24, 2.45) is 0 Å². The summed E-state index contributed by atoms with van der Waals surface area (Å²) in [5, 5.41) is 8.56. The van der Waals surface area contributed by atoms with Gasteiger partial charge in [0.05, 0.1) is 29.9 Å². The topological polar surface area (TPSA) is 69.9 Å². The average Bonchev–Trinajstić information content (AvgIpc) is 3.10. The van der Waals surface area contributed by atoms with Crippen LogP contribution in [0.15, 0.2) is 48.7 Å². The Kier molecular flexibility index (Phi) is 4.84. The van der Waals surface area contributed by atoms with Gasteiger partial charge in [-0.15, -0.1) is 5.10 Å². The number of hydrogen-bond acceptors (Lipinski definition) is 5. The van der Waals surface area contributed by atoms with E-state index in [0.717, 1.165) is 45.8 Å². The molecule has 0 N–H and O–H groups in total. The van der Waals surface area contributed by atoms with Crippen LogP contribution in [0.5, 0.6) is 0 Å². The number of benzene rings is 2. The molecule has 29 heavy (non-hydrogen) atoms. The van der Waals surface area contributed by atoms with E-state index in [1.165, 1.54) is 12.7 Å². The second-order valence-corrected chi connectivity index (χ2v) is 6.99. The number of aryl methyl sites for hydroxylation is 3. The van der Waals surface area contributed by atoms with Crippen LogP contribution < -0.4 is 0 Å². The number of rotatable bonds is 4. The predicted octanol–water partition coefficient (Wildman–Crippen LogP) is 4.58. The van der Waals surface area contributed by atoms with Gasteiger partial charge in [0, 0.05) is 17.7 Å². The first-order valence-electron chi connectivity index (χ1n) is 9.51. The van der Waals surface area contributed by atoms with Crippen LogP contribution in [0.4, 0.5) is 0 Å². The van der Waals surface area contributed by atoms with E-state index in [9.17, 15) is 4.79 Å². The summed E-state index contributed by atoms with van der Waals surface area (Å²) in [6.45, 7) is 6.96. The number of esters is 1. The maximum absolute atomic E-state index is 11.9. The van der Waals surface area contributed by atoms with Crippen molar-refractivity contribution in [2.45, 2.75) is 27.3 Å². The molecular formula is C23H22N4O2. The Hall–Kier alpha value is -3.54. The molecule has 2 aromatic heterocycles. The van der Waals surface area contributed by atoms with Crippen LogP contribution in [0.1, 0.15) is 28.4 Å². The zero-order valence-corrected chi connectivity index (χ0v) is 16.9. The van der Waals surface area contributed by atoms with Gasteiger partial charge in [0.1, 0.15) is 11.5 Å². The minimum absolute atomic E-state index is 0.374. The Balaban J connectivity index is 1.94. The molecule has 4 rings (SSSR count). The molecule has 0 radical (unpaired) electrons. The van der Waals surface area contributed by atoms with Crippen molar-refractivity contribution in [1.29, 1.82) is 0 Å². The third-order valence-corrected chi connectivity index (χ3v) is 5.08. The van der Waals surface area contributed by atoms with E-state index >= 15 is 0 Å². The largest absolute Gasteiger partial charge is 0.465 e. The first-order chi connectivity index (χ1) is 14.0. The van der Waals surface area contributed by atoms with Crippen LogP contribution in [0.3, 0.4) is 0 Å². The minimum atomic E-state index is -0.374. The van der Waals surface area contributed by atoms with E-state index in [1.807, 2.05) is 12.1 Å².